The van der Waals surface area contributed by atoms with Crippen LogP contribution in [0.4, 0.5) is 0 Å². The van der Waals surface area contributed by atoms with Crippen molar-refractivity contribution in [1.29, 1.82) is 0 Å². The molecule has 0 radical (unpaired) electrons. The summed E-state index contributed by atoms with van der Waals surface area (Å²) >= 11 is 3.82. The van der Waals surface area contributed by atoms with Crippen molar-refractivity contribution in [3.63, 3.8) is 0 Å². The maximum Gasteiger partial charge on any atom is 0.160 e. The van der Waals surface area contributed by atoms with Gasteiger partial charge in [0.15, 0.2) is 5.82 Å². The van der Waals surface area contributed by atoms with Crippen LogP contribution in [0, 0.1) is 0 Å². The number of hydrogen-bond donors (Lipinski definition) is 0. The van der Waals surface area contributed by atoms with E-state index in [0.717, 1.165) is 39.2 Å². The highest BCUT2D eigenvalue weighted by molar-refractivity contribution is 7.29. The molecule has 0 aliphatic rings. The SMILES string of the molecule is c1ccc(-c2nc(-c3ccc(-n4c5ccccc5c5c6sc7ccccc7c6c6c7ccccc7sc6c54)cc3)nc3ccccc23)cc1. The Balaban J connectivity index is 1.20. The molecule has 0 N–H and O–H groups in total. The molecule has 0 saturated heterocycles. The molecule has 3 nitrogen and oxygen atoms in total. The second-order valence-electron chi connectivity index (χ2n) is 12.5. The van der Waals surface area contributed by atoms with Gasteiger partial charge in [-0.3, -0.25) is 0 Å². The van der Waals surface area contributed by atoms with E-state index in [1.54, 1.807) is 0 Å². The van der Waals surface area contributed by atoms with E-state index in [1.165, 1.54) is 62.2 Å². The van der Waals surface area contributed by atoms with Gasteiger partial charge in [0.25, 0.3) is 0 Å². The minimum absolute atomic E-state index is 0.727. The lowest BCUT2D eigenvalue weighted by molar-refractivity contribution is 1.18. The second kappa shape index (κ2) is 10.3. The molecule has 0 unspecified atom stereocenters. The fourth-order valence-corrected chi connectivity index (χ4v) is 10.2. The number of hydrogen-bond acceptors (Lipinski definition) is 4. The lowest BCUT2D eigenvalue weighted by Gasteiger charge is -2.12. The molecule has 0 aliphatic heterocycles. The highest BCUT2D eigenvalue weighted by Gasteiger charge is 2.24. The number of nitrogens with zero attached hydrogens (tertiary/aromatic N) is 3. The van der Waals surface area contributed by atoms with E-state index < -0.39 is 0 Å². The minimum atomic E-state index is 0.727. The molecule has 11 rings (SSSR count). The molecule has 0 bridgehead atoms. The largest absolute Gasteiger partial charge is 0.308 e. The molecule has 0 fully saturated rings. The summed E-state index contributed by atoms with van der Waals surface area (Å²) in [5.74, 6) is 0.727. The lowest BCUT2D eigenvalue weighted by Crippen LogP contribution is -1.97. The number of para-hydroxylation sites is 2. The van der Waals surface area contributed by atoms with Crippen LogP contribution in [0.5, 0.6) is 0 Å². The normalized spacial score (nSPS) is 12.1. The van der Waals surface area contributed by atoms with E-state index in [2.05, 4.69) is 144 Å². The number of thiophene rings is 2. The van der Waals surface area contributed by atoms with Crippen molar-refractivity contribution in [3.8, 4) is 28.3 Å². The second-order valence-corrected chi connectivity index (χ2v) is 14.6. The van der Waals surface area contributed by atoms with Gasteiger partial charge in [-0.1, -0.05) is 103 Å². The van der Waals surface area contributed by atoms with Crippen LogP contribution in [0.25, 0.3) is 101 Å². The maximum atomic E-state index is 5.14. The summed E-state index contributed by atoms with van der Waals surface area (Å²) in [5, 5.41) is 9.07. The number of rotatable bonds is 3. The standard InChI is InChI=1S/C44H25N3S2/c1-2-12-26(13-3-1)40-29-14-4-8-18-33(29)45-44(46-40)27-22-24-28(25-23-27)47-34-19-9-5-15-30(34)39-41(47)43-38(32-17-7-11-21-36(32)49-43)37-31-16-6-10-20-35(31)48-42(37)39/h1-25H. The summed E-state index contributed by atoms with van der Waals surface area (Å²) in [5.41, 5.74) is 7.58. The van der Waals surface area contributed by atoms with Crippen molar-refractivity contribution < 1.29 is 0 Å². The summed E-state index contributed by atoms with van der Waals surface area (Å²) in [7, 11) is 0. The van der Waals surface area contributed by atoms with Crippen LogP contribution in [0.3, 0.4) is 0 Å². The van der Waals surface area contributed by atoms with Crippen LogP contribution in [-0.4, -0.2) is 14.5 Å². The van der Waals surface area contributed by atoms with Gasteiger partial charge in [0.2, 0.25) is 0 Å². The van der Waals surface area contributed by atoms with Crippen LogP contribution in [0.15, 0.2) is 152 Å². The predicted molar refractivity (Wildman–Crippen MR) is 211 cm³/mol. The third-order valence-electron chi connectivity index (χ3n) is 9.79. The van der Waals surface area contributed by atoms with Crippen molar-refractivity contribution in [1.82, 2.24) is 14.5 Å². The van der Waals surface area contributed by atoms with Gasteiger partial charge in [-0.15, -0.1) is 22.7 Å². The molecule has 0 aliphatic carbocycles. The Labute approximate surface area is 289 Å². The van der Waals surface area contributed by atoms with E-state index >= 15 is 0 Å². The summed E-state index contributed by atoms with van der Waals surface area (Å²) < 4.78 is 7.81. The Morgan fingerprint density at radius 1 is 0.429 bits per heavy atom. The third-order valence-corrected chi connectivity index (χ3v) is 12.2. The van der Waals surface area contributed by atoms with Crippen LogP contribution < -0.4 is 0 Å². The average Bonchev–Trinajstić information content (AvgIpc) is 3.85. The van der Waals surface area contributed by atoms with Crippen LogP contribution >= 0.6 is 22.7 Å². The van der Waals surface area contributed by atoms with E-state index in [9.17, 15) is 0 Å². The van der Waals surface area contributed by atoms with E-state index in [1.807, 2.05) is 34.8 Å². The summed E-state index contributed by atoms with van der Waals surface area (Å²) in [6.07, 6.45) is 0. The molecule has 4 heterocycles. The molecule has 5 heteroatoms. The zero-order valence-corrected chi connectivity index (χ0v) is 27.7. The molecule has 0 saturated carbocycles. The van der Waals surface area contributed by atoms with Gasteiger partial charge in [-0.25, -0.2) is 9.97 Å². The molecule has 228 valence electrons. The number of aromatic nitrogens is 3. The van der Waals surface area contributed by atoms with Crippen molar-refractivity contribution in [2.45, 2.75) is 0 Å². The van der Waals surface area contributed by atoms with Gasteiger partial charge < -0.3 is 4.57 Å². The predicted octanol–water partition coefficient (Wildman–Crippen LogP) is 12.8. The molecule has 7 aromatic carbocycles. The van der Waals surface area contributed by atoms with E-state index in [4.69, 9.17) is 9.97 Å². The van der Waals surface area contributed by atoms with Crippen LogP contribution in [-0.2, 0) is 0 Å². The molecule has 49 heavy (non-hydrogen) atoms. The van der Waals surface area contributed by atoms with Crippen LogP contribution in [0.2, 0.25) is 0 Å². The highest BCUT2D eigenvalue weighted by Crippen LogP contribution is 2.52. The Kier molecular flexibility index (Phi) is 5.70. The number of benzene rings is 7. The van der Waals surface area contributed by atoms with Gasteiger partial charge in [0.1, 0.15) is 0 Å². The molecule has 11 aromatic rings. The quantitative estimate of drug-likeness (QED) is 0.189. The van der Waals surface area contributed by atoms with Gasteiger partial charge in [0, 0.05) is 68.6 Å². The summed E-state index contributed by atoms with van der Waals surface area (Å²) in [4.78, 5) is 10.2. The Morgan fingerprint density at radius 3 is 1.78 bits per heavy atom. The molecule has 0 spiro atoms. The first-order valence-electron chi connectivity index (χ1n) is 16.4. The Hall–Kier alpha value is -5.88. The Morgan fingerprint density at radius 2 is 1.02 bits per heavy atom. The first-order chi connectivity index (χ1) is 24.3. The molecule has 0 amide bonds. The molecule has 0 atom stereocenters. The monoisotopic (exact) mass is 659 g/mol. The first-order valence-corrected chi connectivity index (χ1v) is 18.1. The van der Waals surface area contributed by atoms with Gasteiger partial charge in [-0.05, 0) is 48.5 Å². The van der Waals surface area contributed by atoms with Crippen molar-refractivity contribution in [2.24, 2.45) is 0 Å². The Bertz CT molecular complexity index is 3090. The van der Waals surface area contributed by atoms with Gasteiger partial charge in [-0.2, -0.15) is 0 Å². The van der Waals surface area contributed by atoms with Gasteiger partial charge in [0.05, 0.1) is 26.9 Å². The van der Waals surface area contributed by atoms with Crippen molar-refractivity contribution >= 4 is 95.7 Å². The topological polar surface area (TPSA) is 30.7 Å². The first kappa shape index (κ1) is 27.1. The van der Waals surface area contributed by atoms with Crippen molar-refractivity contribution in [3.05, 3.63) is 152 Å². The third kappa shape index (κ3) is 3.88. The van der Waals surface area contributed by atoms with E-state index in [0.29, 0.717) is 0 Å². The maximum absolute atomic E-state index is 5.14. The molecular weight excluding hydrogens is 635 g/mol. The van der Waals surface area contributed by atoms with Crippen molar-refractivity contribution in [2.75, 3.05) is 0 Å². The average molecular weight is 660 g/mol. The summed E-state index contributed by atoms with van der Waals surface area (Å²) in [6.45, 7) is 0. The zero-order chi connectivity index (χ0) is 32.1. The highest BCUT2D eigenvalue weighted by atomic mass is 32.1. The fourth-order valence-electron chi connectivity index (χ4n) is 7.66. The van der Waals surface area contributed by atoms with E-state index in [-0.39, 0.29) is 0 Å². The lowest BCUT2D eigenvalue weighted by atomic mass is 10.0. The smallest absolute Gasteiger partial charge is 0.160 e. The summed E-state index contributed by atoms with van der Waals surface area (Å²) in [6, 6.07) is 54.2. The zero-order valence-electron chi connectivity index (χ0n) is 26.1. The number of fused-ring (bicyclic) bond motifs is 13. The molecular formula is C44H25N3S2. The van der Waals surface area contributed by atoms with Gasteiger partial charge >= 0.3 is 0 Å². The van der Waals surface area contributed by atoms with Crippen LogP contribution in [0.1, 0.15) is 0 Å². The fraction of sp³-hybridized carbons (Fsp3) is 0. The minimum Gasteiger partial charge on any atom is -0.308 e. The molecule has 4 aromatic heterocycles.